The minimum Gasteiger partial charge on any atom is -0.459 e. The summed E-state index contributed by atoms with van der Waals surface area (Å²) in [6, 6.07) is 11.9. The van der Waals surface area contributed by atoms with Crippen molar-refractivity contribution in [2.75, 3.05) is 6.54 Å². The average Bonchev–Trinajstić information content (AvgIpc) is 2.86. The highest BCUT2D eigenvalue weighted by atomic mass is 35.5. The van der Waals surface area contributed by atoms with Crippen molar-refractivity contribution in [2.24, 2.45) is 0 Å². The molecule has 1 atom stereocenters. The Hall–Kier alpha value is -1.25. The third-order valence-electron chi connectivity index (χ3n) is 2.89. The molecule has 0 radical (unpaired) electrons. The maximum absolute atomic E-state index is 6.16. The van der Waals surface area contributed by atoms with Crippen molar-refractivity contribution in [1.82, 2.24) is 5.32 Å². The molecule has 0 aliphatic rings. The monoisotopic (exact) mass is 263 g/mol. The topological polar surface area (TPSA) is 25.2 Å². The van der Waals surface area contributed by atoms with Crippen molar-refractivity contribution >= 4 is 11.6 Å². The number of hydrogen-bond donors (Lipinski definition) is 1. The number of benzene rings is 1. The fraction of sp³-hybridized carbons (Fsp3) is 0.333. The molecule has 0 aliphatic heterocycles. The van der Waals surface area contributed by atoms with Gasteiger partial charge in [-0.3, -0.25) is 0 Å². The minimum atomic E-state index is 0.223. The highest BCUT2D eigenvalue weighted by Crippen LogP contribution is 2.30. The molecule has 3 heteroatoms. The molecule has 18 heavy (non-hydrogen) atoms. The van der Waals surface area contributed by atoms with E-state index in [1.54, 1.807) is 0 Å². The predicted molar refractivity (Wildman–Crippen MR) is 75.9 cm³/mol. The lowest BCUT2D eigenvalue weighted by molar-refractivity contribution is 0.439. The van der Waals surface area contributed by atoms with E-state index in [1.807, 2.05) is 36.4 Å². The van der Waals surface area contributed by atoms with Gasteiger partial charge in [-0.2, -0.15) is 0 Å². The Morgan fingerprint density at radius 3 is 2.72 bits per heavy atom. The van der Waals surface area contributed by atoms with E-state index in [2.05, 4.69) is 19.2 Å². The quantitative estimate of drug-likeness (QED) is 0.849. The molecule has 1 heterocycles. The van der Waals surface area contributed by atoms with Crippen LogP contribution < -0.4 is 5.32 Å². The zero-order chi connectivity index (χ0) is 13.0. The van der Waals surface area contributed by atoms with Crippen molar-refractivity contribution in [3.05, 3.63) is 47.2 Å². The van der Waals surface area contributed by atoms with Gasteiger partial charge in [0.15, 0.2) is 0 Å². The van der Waals surface area contributed by atoms with Crippen LogP contribution in [0.3, 0.4) is 0 Å². The summed E-state index contributed by atoms with van der Waals surface area (Å²) in [5, 5.41) is 4.12. The third-order valence-corrected chi connectivity index (χ3v) is 3.22. The second-order valence-corrected chi connectivity index (χ2v) is 4.76. The second kappa shape index (κ2) is 6.07. The largest absolute Gasteiger partial charge is 0.459 e. The van der Waals surface area contributed by atoms with E-state index >= 15 is 0 Å². The van der Waals surface area contributed by atoms with Gasteiger partial charge in [-0.15, -0.1) is 0 Å². The summed E-state index contributed by atoms with van der Waals surface area (Å²) in [4.78, 5) is 0. The third kappa shape index (κ3) is 2.95. The number of nitrogens with one attached hydrogen (secondary N) is 1. The summed E-state index contributed by atoms with van der Waals surface area (Å²) < 4.78 is 5.86. The van der Waals surface area contributed by atoms with Crippen molar-refractivity contribution in [1.29, 1.82) is 0 Å². The molecule has 0 saturated heterocycles. The first-order valence-electron chi connectivity index (χ1n) is 6.30. The Bertz CT molecular complexity index is 507. The predicted octanol–water partition coefficient (Wildman–Crippen LogP) is 4.66. The van der Waals surface area contributed by atoms with Crippen LogP contribution in [0.2, 0.25) is 5.02 Å². The summed E-state index contributed by atoms with van der Waals surface area (Å²) in [6.07, 6.45) is 1.11. The molecule has 0 saturated carbocycles. The van der Waals surface area contributed by atoms with E-state index in [9.17, 15) is 0 Å². The van der Waals surface area contributed by atoms with E-state index in [1.165, 1.54) is 0 Å². The highest BCUT2D eigenvalue weighted by molar-refractivity contribution is 6.33. The molecule has 2 rings (SSSR count). The van der Waals surface area contributed by atoms with Gasteiger partial charge in [-0.1, -0.05) is 30.7 Å². The molecule has 1 N–H and O–H groups in total. The molecule has 96 valence electrons. The van der Waals surface area contributed by atoms with Crippen LogP contribution in [-0.4, -0.2) is 6.54 Å². The molecule has 0 spiro atoms. The van der Waals surface area contributed by atoms with E-state index in [0.717, 1.165) is 30.0 Å². The van der Waals surface area contributed by atoms with Crippen LogP contribution in [-0.2, 0) is 0 Å². The smallest absolute Gasteiger partial charge is 0.135 e. The number of rotatable bonds is 5. The van der Waals surface area contributed by atoms with Gasteiger partial charge in [0.1, 0.15) is 11.5 Å². The van der Waals surface area contributed by atoms with E-state index in [0.29, 0.717) is 5.02 Å². The van der Waals surface area contributed by atoms with Crippen molar-refractivity contribution in [3.63, 3.8) is 0 Å². The molecule has 1 aromatic heterocycles. The Balaban J connectivity index is 2.18. The van der Waals surface area contributed by atoms with Gasteiger partial charge in [0.2, 0.25) is 0 Å². The molecule has 1 unspecified atom stereocenters. The minimum absolute atomic E-state index is 0.223. The van der Waals surface area contributed by atoms with Gasteiger partial charge < -0.3 is 9.73 Å². The zero-order valence-electron chi connectivity index (χ0n) is 10.7. The van der Waals surface area contributed by atoms with Gasteiger partial charge in [0.25, 0.3) is 0 Å². The van der Waals surface area contributed by atoms with E-state index in [4.69, 9.17) is 16.0 Å². The zero-order valence-corrected chi connectivity index (χ0v) is 11.5. The van der Waals surface area contributed by atoms with Crippen LogP contribution in [0.25, 0.3) is 11.3 Å². The fourth-order valence-electron chi connectivity index (χ4n) is 1.85. The van der Waals surface area contributed by atoms with Crippen LogP contribution in [0.15, 0.2) is 40.8 Å². The summed E-state index contributed by atoms with van der Waals surface area (Å²) in [5.41, 5.74) is 0.938. The summed E-state index contributed by atoms with van der Waals surface area (Å²) in [6.45, 7) is 5.24. The normalized spacial score (nSPS) is 12.6. The molecular formula is C15H18ClNO. The van der Waals surface area contributed by atoms with Gasteiger partial charge in [-0.05, 0) is 44.2 Å². The number of hydrogen-bond acceptors (Lipinski definition) is 2. The lowest BCUT2D eigenvalue weighted by Gasteiger charge is -2.09. The Morgan fingerprint density at radius 1 is 1.22 bits per heavy atom. The highest BCUT2D eigenvalue weighted by Gasteiger charge is 2.12. The lowest BCUT2D eigenvalue weighted by atomic mass is 10.2. The molecule has 0 aliphatic carbocycles. The maximum Gasteiger partial charge on any atom is 0.135 e. The van der Waals surface area contributed by atoms with Crippen molar-refractivity contribution in [2.45, 2.75) is 26.3 Å². The molecule has 2 aromatic rings. The van der Waals surface area contributed by atoms with E-state index < -0.39 is 0 Å². The first-order chi connectivity index (χ1) is 8.72. The van der Waals surface area contributed by atoms with Gasteiger partial charge in [0, 0.05) is 5.56 Å². The van der Waals surface area contributed by atoms with Crippen molar-refractivity contribution < 1.29 is 4.42 Å². The standard InChI is InChI=1S/C15H18ClNO/c1-3-10-17-11(2)14-8-9-15(18-14)12-6-4-5-7-13(12)16/h4-9,11,17H,3,10H2,1-2H3. The van der Waals surface area contributed by atoms with Crippen molar-refractivity contribution in [3.8, 4) is 11.3 Å². The molecule has 0 amide bonds. The Labute approximate surface area is 113 Å². The SMILES string of the molecule is CCCNC(C)c1ccc(-c2ccccc2Cl)o1. The molecule has 1 aromatic carbocycles. The number of furan rings is 1. The molecule has 2 nitrogen and oxygen atoms in total. The first kappa shape index (κ1) is 13.2. The second-order valence-electron chi connectivity index (χ2n) is 4.36. The summed E-state index contributed by atoms with van der Waals surface area (Å²) >= 11 is 6.16. The summed E-state index contributed by atoms with van der Waals surface area (Å²) in [7, 11) is 0. The van der Waals surface area contributed by atoms with Crippen LogP contribution >= 0.6 is 11.6 Å². The van der Waals surface area contributed by atoms with Crippen LogP contribution in [0.5, 0.6) is 0 Å². The van der Waals surface area contributed by atoms with Crippen LogP contribution in [0.4, 0.5) is 0 Å². The first-order valence-corrected chi connectivity index (χ1v) is 6.68. The Morgan fingerprint density at radius 2 is 2.00 bits per heavy atom. The summed E-state index contributed by atoms with van der Waals surface area (Å²) in [5.74, 6) is 1.76. The molecule has 0 fully saturated rings. The maximum atomic E-state index is 6.16. The number of halogens is 1. The fourth-order valence-corrected chi connectivity index (χ4v) is 2.08. The Kier molecular flexibility index (Phi) is 4.45. The van der Waals surface area contributed by atoms with Gasteiger partial charge in [-0.25, -0.2) is 0 Å². The molecular weight excluding hydrogens is 246 g/mol. The molecule has 0 bridgehead atoms. The van der Waals surface area contributed by atoms with Crippen LogP contribution in [0, 0.1) is 0 Å². The lowest BCUT2D eigenvalue weighted by Crippen LogP contribution is -2.18. The van der Waals surface area contributed by atoms with Gasteiger partial charge >= 0.3 is 0 Å². The van der Waals surface area contributed by atoms with Crippen LogP contribution in [0.1, 0.15) is 32.1 Å². The van der Waals surface area contributed by atoms with E-state index in [-0.39, 0.29) is 6.04 Å². The van der Waals surface area contributed by atoms with Gasteiger partial charge in [0.05, 0.1) is 11.1 Å². The average molecular weight is 264 g/mol.